The van der Waals surface area contributed by atoms with Gasteiger partial charge in [-0.2, -0.15) is 5.10 Å². The van der Waals surface area contributed by atoms with E-state index in [0.717, 1.165) is 25.1 Å². The summed E-state index contributed by atoms with van der Waals surface area (Å²) in [4.78, 5) is 0. The topological polar surface area (TPSA) is 50.1 Å². The highest BCUT2D eigenvalue weighted by Crippen LogP contribution is 2.24. The molecule has 0 amide bonds. The van der Waals surface area contributed by atoms with Crippen LogP contribution in [0.2, 0.25) is 0 Å². The van der Waals surface area contributed by atoms with Crippen LogP contribution in [0.5, 0.6) is 0 Å². The molecular weight excluding hydrogens is 226 g/mol. The molecule has 2 N–H and O–H groups in total. The smallest absolute Gasteiger partial charge is 0.0625 e. The standard InChI is InChI=1S/C14H25N3O/c1-3-12-8-13(17(2)16-12)9-15-14-7-5-4-6-11(14)10-18/h8,11,14-15,18H,3-7,9-10H2,1-2H3. The fraction of sp³-hybridized carbons (Fsp3) is 0.786. The third-order valence-electron chi connectivity index (χ3n) is 4.08. The van der Waals surface area contributed by atoms with Crippen molar-refractivity contribution in [2.75, 3.05) is 6.61 Å². The number of nitrogens with zero attached hydrogens (tertiary/aromatic N) is 2. The number of aliphatic hydroxyl groups is 1. The Bertz CT molecular complexity index is 375. The Kier molecular flexibility index (Phi) is 4.78. The molecule has 1 aliphatic carbocycles. The van der Waals surface area contributed by atoms with E-state index in [1.165, 1.54) is 25.0 Å². The minimum Gasteiger partial charge on any atom is -0.396 e. The van der Waals surface area contributed by atoms with Crippen LogP contribution in [0.15, 0.2) is 6.07 Å². The van der Waals surface area contributed by atoms with Gasteiger partial charge in [-0.15, -0.1) is 0 Å². The molecule has 2 rings (SSSR count). The van der Waals surface area contributed by atoms with Crippen molar-refractivity contribution in [1.29, 1.82) is 0 Å². The van der Waals surface area contributed by atoms with Crippen LogP contribution in [0.4, 0.5) is 0 Å². The van der Waals surface area contributed by atoms with Crippen LogP contribution in [0.3, 0.4) is 0 Å². The average Bonchev–Trinajstić information content (AvgIpc) is 2.77. The van der Waals surface area contributed by atoms with Gasteiger partial charge in [-0.1, -0.05) is 19.8 Å². The molecule has 2 unspecified atom stereocenters. The molecule has 4 heteroatoms. The minimum atomic E-state index is 0.309. The summed E-state index contributed by atoms with van der Waals surface area (Å²) >= 11 is 0. The molecule has 0 bridgehead atoms. The van der Waals surface area contributed by atoms with E-state index in [-0.39, 0.29) is 0 Å². The molecule has 1 aromatic rings. The van der Waals surface area contributed by atoms with E-state index in [0.29, 0.717) is 18.6 Å². The lowest BCUT2D eigenvalue weighted by molar-refractivity contribution is 0.152. The lowest BCUT2D eigenvalue weighted by atomic mass is 9.85. The summed E-state index contributed by atoms with van der Waals surface area (Å²) in [6.45, 7) is 3.29. The molecule has 0 radical (unpaired) electrons. The molecule has 1 saturated carbocycles. The first-order valence-electron chi connectivity index (χ1n) is 7.10. The van der Waals surface area contributed by atoms with Crippen LogP contribution in [0, 0.1) is 5.92 Å². The van der Waals surface area contributed by atoms with Gasteiger partial charge in [-0.25, -0.2) is 0 Å². The number of rotatable bonds is 5. The zero-order valence-electron chi connectivity index (χ0n) is 11.5. The second kappa shape index (κ2) is 6.34. The Morgan fingerprint density at radius 3 is 2.89 bits per heavy atom. The highest BCUT2D eigenvalue weighted by molar-refractivity contribution is 5.10. The van der Waals surface area contributed by atoms with E-state index >= 15 is 0 Å². The second-order valence-corrected chi connectivity index (χ2v) is 5.32. The van der Waals surface area contributed by atoms with Crippen molar-refractivity contribution in [3.8, 4) is 0 Å². The molecular formula is C14H25N3O. The van der Waals surface area contributed by atoms with Crippen LogP contribution in [0.25, 0.3) is 0 Å². The largest absolute Gasteiger partial charge is 0.396 e. The maximum absolute atomic E-state index is 9.40. The molecule has 4 nitrogen and oxygen atoms in total. The molecule has 1 aliphatic rings. The Labute approximate surface area is 109 Å². The van der Waals surface area contributed by atoms with Crippen LogP contribution in [0.1, 0.15) is 44.0 Å². The van der Waals surface area contributed by atoms with Crippen molar-refractivity contribution >= 4 is 0 Å². The normalized spacial score (nSPS) is 24.4. The lowest BCUT2D eigenvalue weighted by Gasteiger charge is -2.31. The highest BCUT2D eigenvalue weighted by atomic mass is 16.3. The Hall–Kier alpha value is -0.870. The van der Waals surface area contributed by atoms with Crippen molar-refractivity contribution in [2.24, 2.45) is 13.0 Å². The first kappa shape index (κ1) is 13.6. The van der Waals surface area contributed by atoms with Gasteiger partial charge in [0, 0.05) is 26.2 Å². The van der Waals surface area contributed by atoms with E-state index in [9.17, 15) is 5.11 Å². The molecule has 18 heavy (non-hydrogen) atoms. The number of aromatic nitrogens is 2. The van der Waals surface area contributed by atoms with Crippen molar-refractivity contribution < 1.29 is 5.11 Å². The summed E-state index contributed by atoms with van der Waals surface area (Å²) in [5.41, 5.74) is 2.38. The molecule has 102 valence electrons. The van der Waals surface area contributed by atoms with Crippen molar-refractivity contribution in [1.82, 2.24) is 15.1 Å². The summed E-state index contributed by atoms with van der Waals surface area (Å²) in [5.74, 6) is 0.428. The van der Waals surface area contributed by atoms with Crippen LogP contribution in [-0.2, 0) is 20.0 Å². The molecule has 0 saturated heterocycles. The van der Waals surface area contributed by atoms with Gasteiger partial charge < -0.3 is 10.4 Å². The molecule has 2 atom stereocenters. The number of nitrogens with one attached hydrogen (secondary N) is 1. The van der Waals surface area contributed by atoms with E-state index in [1.807, 2.05) is 11.7 Å². The zero-order valence-corrected chi connectivity index (χ0v) is 11.5. The molecule has 0 aliphatic heterocycles. The van der Waals surface area contributed by atoms with Crippen molar-refractivity contribution in [2.45, 2.75) is 51.6 Å². The van der Waals surface area contributed by atoms with Gasteiger partial charge in [0.1, 0.15) is 0 Å². The average molecular weight is 251 g/mol. The van der Waals surface area contributed by atoms with E-state index in [1.54, 1.807) is 0 Å². The fourth-order valence-electron chi connectivity index (χ4n) is 2.84. The lowest BCUT2D eigenvalue weighted by Crippen LogP contribution is -2.40. The summed E-state index contributed by atoms with van der Waals surface area (Å²) in [6, 6.07) is 2.63. The Morgan fingerprint density at radius 2 is 2.22 bits per heavy atom. The van der Waals surface area contributed by atoms with Gasteiger partial charge in [0.05, 0.1) is 11.4 Å². The summed E-state index contributed by atoms with van der Waals surface area (Å²) in [5, 5.41) is 17.5. The van der Waals surface area contributed by atoms with Gasteiger partial charge in [0.2, 0.25) is 0 Å². The van der Waals surface area contributed by atoms with Gasteiger partial charge in [-0.3, -0.25) is 4.68 Å². The van der Waals surface area contributed by atoms with Gasteiger partial charge in [0.15, 0.2) is 0 Å². The van der Waals surface area contributed by atoms with Crippen molar-refractivity contribution in [3.63, 3.8) is 0 Å². The van der Waals surface area contributed by atoms with Crippen molar-refractivity contribution in [3.05, 3.63) is 17.5 Å². The van der Waals surface area contributed by atoms with Crippen LogP contribution in [-0.4, -0.2) is 27.5 Å². The van der Waals surface area contributed by atoms with Crippen LogP contribution < -0.4 is 5.32 Å². The van der Waals surface area contributed by atoms with E-state index in [4.69, 9.17) is 0 Å². The number of hydrogen-bond acceptors (Lipinski definition) is 3. The Balaban J connectivity index is 1.91. The highest BCUT2D eigenvalue weighted by Gasteiger charge is 2.24. The first-order valence-corrected chi connectivity index (χ1v) is 7.10. The van der Waals surface area contributed by atoms with E-state index in [2.05, 4.69) is 23.4 Å². The van der Waals surface area contributed by atoms with Gasteiger partial charge in [0.25, 0.3) is 0 Å². The van der Waals surface area contributed by atoms with Gasteiger partial charge in [-0.05, 0) is 31.2 Å². The number of hydrogen-bond donors (Lipinski definition) is 2. The molecule has 1 fully saturated rings. The maximum Gasteiger partial charge on any atom is 0.0625 e. The SMILES string of the molecule is CCc1cc(CNC2CCCCC2CO)n(C)n1. The maximum atomic E-state index is 9.40. The monoisotopic (exact) mass is 251 g/mol. The number of aryl methyl sites for hydroxylation is 2. The molecule has 1 aromatic heterocycles. The predicted octanol–water partition coefficient (Wildman–Crippen LogP) is 1.62. The van der Waals surface area contributed by atoms with Crippen LogP contribution >= 0.6 is 0 Å². The fourth-order valence-corrected chi connectivity index (χ4v) is 2.84. The molecule has 1 heterocycles. The summed E-state index contributed by atoms with van der Waals surface area (Å²) in [7, 11) is 2.00. The minimum absolute atomic E-state index is 0.309. The van der Waals surface area contributed by atoms with Gasteiger partial charge >= 0.3 is 0 Å². The third-order valence-corrected chi connectivity index (χ3v) is 4.08. The summed E-state index contributed by atoms with van der Waals surface area (Å²) < 4.78 is 1.96. The quantitative estimate of drug-likeness (QED) is 0.836. The number of aliphatic hydroxyl groups excluding tert-OH is 1. The Morgan fingerprint density at radius 1 is 1.44 bits per heavy atom. The third kappa shape index (κ3) is 3.12. The summed E-state index contributed by atoms with van der Waals surface area (Å²) in [6.07, 6.45) is 5.86. The predicted molar refractivity (Wildman–Crippen MR) is 72.3 cm³/mol. The van der Waals surface area contributed by atoms with E-state index < -0.39 is 0 Å². The second-order valence-electron chi connectivity index (χ2n) is 5.32. The zero-order chi connectivity index (χ0) is 13.0. The molecule has 0 aromatic carbocycles. The first-order chi connectivity index (χ1) is 8.74. The molecule has 0 spiro atoms.